The lowest BCUT2D eigenvalue weighted by Crippen LogP contribution is -2.47. The highest BCUT2D eigenvalue weighted by Crippen LogP contribution is 2.29. The molecule has 0 aliphatic rings. The first-order valence-electron chi connectivity index (χ1n) is 5.39. The van der Waals surface area contributed by atoms with Crippen molar-refractivity contribution in [3.63, 3.8) is 0 Å². The monoisotopic (exact) mass is 268 g/mol. The largest absolute Gasteiger partial charge is 0.381 e. The first-order chi connectivity index (χ1) is 8.47. The summed E-state index contributed by atoms with van der Waals surface area (Å²) < 4.78 is 5.26. The molecule has 0 radical (unpaired) electrons. The summed E-state index contributed by atoms with van der Waals surface area (Å²) in [5.41, 5.74) is -0.655. The highest BCUT2D eigenvalue weighted by Gasteiger charge is 2.36. The van der Waals surface area contributed by atoms with Crippen molar-refractivity contribution in [3.8, 4) is 0 Å². The van der Waals surface area contributed by atoms with E-state index < -0.39 is 11.8 Å². The second kappa shape index (κ2) is 6.00. The number of methoxy groups -OCH3 is 1. The number of halogens is 1. The molecule has 2 unspecified atom stereocenters. The fraction of sp³-hybridized carbons (Fsp3) is 0.308. The Bertz CT molecular complexity index is 410. The maximum Gasteiger partial charge on any atom is 0.167 e. The van der Waals surface area contributed by atoms with Gasteiger partial charge in [0.15, 0.2) is 6.23 Å². The molecule has 0 spiro atoms. The Morgan fingerprint density at radius 2 is 2.06 bits per heavy atom. The van der Waals surface area contributed by atoms with Gasteiger partial charge >= 0.3 is 0 Å². The van der Waals surface area contributed by atoms with Crippen LogP contribution in [0.25, 0.3) is 0 Å². The minimum absolute atomic E-state index is 0.594. The minimum Gasteiger partial charge on any atom is -0.381 e. The Morgan fingerprint density at radius 1 is 1.50 bits per heavy atom. The quantitative estimate of drug-likeness (QED) is 0.474. The zero-order valence-corrected chi connectivity index (χ0v) is 11.2. The van der Waals surface area contributed by atoms with Gasteiger partial charge in [-0.1, -0.05) is 30.3 Å². The Balaban J connectivity index is 3.12. The van der Waals surface area contributed by atoms with Crippen molar-refractivity contribution in [2.24, 2.45) is 0 Å². The lowest BCUT2D eigenvalue weighted by molar-refractivity contribution is -0.129. The van der Waals surface area contributed by atoms with Crippen molar-refractivity contribution >= 4 is 17.9 Å². The molecule has 1 aromatic carbocycles. The van der Waals surface area contributed by atoms with Crippen LogP contribution in [0.5, 0.6) is 0 Å². The molecule has 1 aromatic rings. The van der Waals surface area contributed by atoms with Gasteiger partial charge in [0.25, 0.3) is 0 Å². The van der Waals surface area contributed by atoms with Gasteiger partial charge in [-0.15, -0.1) is 0 Å². The van der Waals surface area contributed by atoms with Gasteiger partial charge in [0.05, 0.1) is 6.34 Å². The van der Waals surface area contributed by atoms with Crippen molar-refractivity contribution in [2.45, 2.75) is 18.8 Å². The summed E-state index contributed by atoms with van der Waals surface area (Å²) in [5, 5.41) is 18.5. The molecule has 0 aromatic heterocycles. The maximum atomic E-state index is 10.6. The highest BCUT2D eigenvalue weighted by molar-refractivity contribution is 6.30. The molecule has 0 aliphatic heterocycles. The van der Waals surface area contributed by atoms with Crippen molar-refractivity contribution in [3.05, 3.63) is 47.6 Å². The van der Waals surface area contributed by atoms with Crippen LogP contribution < -0.4 is 0 Å². The van der Waals surface area contributed by atoms with E-state index in [0.29, 0.717) is 10.6 Å². The van der Waals surface area contributed by atoms with E-state index >= 15 is 0 Å². The number of nitrogens with zero attached hydrogens (tertiary/aromatic N) is 1. The molecule has 0 amide bonds. The summed E-state index contributed by atoms with van der Waals surface area (Å²) in [4.78, 5) is 1.38. The molecule has 1 rings (SSSR count). The van der Waals surface area contributed by atoms with Gasteiger partial charge < -0.3 is 14.7 Å². The first kappa shape index (κ1) is 14.7. The second-order valence-corrected chi connectivity index (χ2v) is 4.44. The van der Waals surface area contributed by atoms with Gasteiger partial charge in [-0.2, -0.15) is 0 Å². The van der Waals surface area contributed by atoms with Crippen molar-refractivity contribution < 1.29 is 9.84 Å². The van der Waals surface area contributed by atoms with Gasteiger partial charge in [0.2, 0.25) is 0 Å². The molecule has 4 nitrogen and oxygen atoms in total. The molecular weight excluding hydrogens is 252 g/mol. The number of hydrogen-bond acceptors (Lipinski definition) is 3. The molecule has 18 heavy (non-hydrogen) atoms. The van der Waals surface area contributed by atoms with Gasteiger partial charge in [0.1, 0.15) is 5.60 Å². The van der Waals surface area contributed by atoms with Crippen LogP contribution in [0.4, 0.5) is 0 Å². The van der Waals surface area contributed by atoms with E-state index in [1.54, 1.807) is 31.2 Å². The third-order valence-corrected chi connectivity index (χ3v) is 3.02. The Morgan fingerprint density at radius 3 is 2.44 bits per heavy atom. The molecule has 2 atom stereocenters. The molecule has 98 valence electrons. The van der Waals surface area contributed by atoms with Crippen molar-refractivity contribution in [2.75, 3.05) is 7.11 Å². The number of ether oxygens (including phenoxy) is 1. The molecule has 0 fully saturated rings. The maximum absolute atomic E-state index is 10.6. The SMILES string of the molecule is C=CN(C=N)C(OC)C(C)(O)c1ccc(Cl)cc1. The lowest BCUT2D eigenvalue weighted by Gasteiger charge is -2.37. The summed E-state index contributed by atoms with van der Waals surface area (Å²) in [6.45, 7) is 5.20. The molecular formula is C13H17ClN2O2. The highest BCUT2D eigenvalue weighted by atomic mass is 35.5. The average molecular weight is 269 g/mol. The fourth-order valence-electron chi connectivity index (χ4n) is 1.79. The summed E-state index contributed by atoms with van der Waals surface area (Å²) in [6.07, 6.45) is 1.73. The zero-order chi connectivity index (χ0) is 13.8. The molecule has 0 bridgehead atoms. The number of rotatable bonds is 6. The molecule has 0 aliphatic carbocycles. The summed E-state index contributed by atoms with van der Waals surface area (Å²) in [7, 11) is 1.47. The number of aliphatic hydroxyl groups is 1. The average Bonchev–Trinajstić information content (AvgIpc) is 2.35. The topological polar surface area (TPSA) is 56.6 Å². The molecule has 2 N–H and O–H groups in total. The summed E-state index contributed by atoms with van der Waals surface area (Å²) in [5.74, 6) is 0. The normalized spacial score (nSPS) is 15.6. The van der Waals surface area contributed by atoms with Crippen LogP contribution in [0.2, 0.25) is 5.02 Å². The van der Waals surface area contributed by atoms with Crippen LogP contribution in [0.15, 0.2) is 37.0 Å². The van der Waals surface area contributed by atoms with Crippen molar-refractivity contribution in [1.82, 2.24) is 4.90 Å². The zero-order valence-electron chi connectivity index (χ0n) is 10.4. The first-order valence-corrected chi connectivity index (χ1v) is 5.77. The van der Waals surface area contributed by atoms with Gasteiger partial charge in [-0.25, -0.2) is 0 Å². The van der Waals surface area contributed by atoms with Crippen LogP contribution in [0.1, 0.15) is 12.5 Å². The molecule has 0 saturated heterocycles. The van der Waals surface area contributed by atoms with E-state index in [1.165, 1.54) is 18.2 Å². The van der Waals surface area contributed by atoms with Gasteiger partial charge in [-0.05, 0) is 24.6 Å². The van der Waals surface area contributed by atoms with E-state index in [4.69, 9.17) is 21.7 Å². The number of nitrogens with one attached hydrogen (secondary N) is 1. The van der Waals surface area contributed by atoms with E-state index in [9.17, 15) is 5.11 Å². The summed E-state index contributed by atoms with van der Waals surface area (Å²) in [6, 6.07) is 6.83. The number of benzene rings is 1. The predicted molar refractivity (Wildman–Crippen MR) is 72.6 cm³/mol. The lowest BCUT2D eigenvalue weighted by atomic mass is 9.93. The molecule has 0 heterocycles. The van der Waals surface area contributed by atoms with E-state index in [1.807, 2.05) is 0 Å². The smallest absolute Gasteiger partial charge is 0.167 e. The molecule has 0 saturated carbocycles. The van der Waals surface area contributed by atoms with Crippen LogP contribution in [0, 0.1) is 5.41 Å². The molecule has 5 heteroatoms. The third-order valence-electron chi connectivity index (χ3n) is 2.76. The van der Waals surface area contributed by atoms with Crippen molar-refractivity contribution in [1.29, 1.82) is 5.41 Å². The second-order valence-electron chi connectivity index (χ2n) is 4.00. The minimum atomic E-state index is -1.30. The van der Waals surface area contributed by atoms with E-state index in [2.05, 4.69) is 6.58 Å². The van der Waals surface area contributed by atoms with Crippen LogP contribution in [-0.4, -0.2) is 29.7 Å². The van der Waals surface area contributed by atoms with Crippen LogP contribution in [0.3, 0.4) is 0 Å². The van der Waals surface area contributed by atoms with Gasteiger partial charge in [-0.3, -0.25) is 5.41 Å². The number of hydrogen-bond donors (Lipinski definition) is 2. The fourth-order valence-corrected chi connectivity index (χ4v) is 1.91. The Labute approximate surface area is 112 Å². The van der Waals surface area contributed by atoms with Gasteiger partial charge in [0, 0.05) is 18.3 Å². The van der Waals surface area contributed by atoms with Crippen LogP contribution >= 0.6 is 11.6 Å². The predicted octanol–water partition coefficient (Wildman–Crippen LogP) is 2.57. The standard InChI is InChI=1S/C13H17ClN2O2/c1-4-16(9-15)12(18-3)13(2,17)10-5-7-11(14)8-6-10/h4-9,12,15,17H,1H2,2-3H3. The van der Waals surface area contributed by atoms with E-state index in [-0.39, 0.29) is 0 Å². The summed E-state index contributed by atoms with van der Waals surface area (Å²) >= 11 is 5.82. The van der Waals surface area contributed by atoms with E-state index in [0.717, 1.165) is 6.34 Å². The Kier molecular flexibility index (Phi) is 4.90. The van der Waals surface area contributed by atoms with Crippen LogP contribution in [-0.2, 0) is 10.3 Å². The third kappa shape index (κ3) is 2.90. The Hall–Kier alpha value is -1.36.